The van der Waals surface area contributed by atoms with Gasteiger partial charge in [0.05, 0.1) is 6.10 Å². The molecule has 4 aromatic carbocycles. The number of nitrogens with one attached hydrogen (secondary N) is 1. The van der Waals surface area contributed by atoms with Crippen LogP contribution in [0.2, 0.25) is 0 Å². The quantitative estimate of drug-likeness (QED) is 0.230. The van der Waals surface area contributed by atoms with E-state index in [-0.39, 0.29) is 31.8 Å². The number of hydrogen-bond acceptors (Lipinski definition) is 5. The van der Waals surface area contributed by atoms with Gasteiger partial charge < -0.3 is 26.0 Å². The first kappa shape index (κ1) is 32.3. The van der Waals surface area contributed by atoms with Crippen LogP contribution < -0.4 is 11.1 Å². The summed E-state index contributed by atoms with van der Waals surface area (Å²) >= 11 is 0. The fraction of sp³-hybridized carbons (Fsp3) is 0.286. The van der Waals surface area contributed by atoms with E-state index in [1.165, 1.54) is 29.0 Å². The lowest BCUT2D eigenvalue weighted by atomic mass is 9.98. The number of fused-ring (bicyclic) bond motifs is 1. The molecule has 44 heavy (non-hydrogen) atoms. The van der Waals surface area contributed by atoms with E-state index in [2.05, 4.69) is 5.32 Å². The van der Waals surface area contributed by atoms with Gasteiger partial charge in [0.25, 0.3) is 5.91 Å². The number of amides is 3. The van der Waals surface area contributed by atoms with E-state index in [0.717, 1.165) is 21.9 Å². The summed E-state index contributed by atoms with van der Waals surface area (Å²) in [7, 11) is 3.11. The molecule has 3 amide bonds. The predicted octanol–water partition coefficient (Wildman–Crippen LogP) is 3.69. The van der Waals surface area contributed by atoms with Crippen LogP contribution in [0.1, 0.15) is 34.0 Å². The Morgan fingerprint density at radius 3 is 2.14 bits per heavy atom. The molecule has 0 saturated heterocycles. The van der Waals surface area contributed by atoms with Crippen molar-refractivity contribution in [3.8, 4) is 0 Å². The van der Waals surface area contributed by atoms with Crippen LogP contribution in [0.3, 0.4) is 0 Å². The zero-order valence-corrected chi connectivity index (χ0v) is 25.2. The van der Waals surface area contributed by atoms with E-state index < -0.39 is 35.8 Å². The third-order valence-corrected chi connectivity index (χ3v) is 7.76. The Morgan fingerprint density at radius 1 is 0.795 bits per heavy atom. The van der Waals surface area contributed by atoms with Crippen molar-refractivity contribution in [2.24, 2.45) is 5.73 Å². The Balaban J connectivity index is 1.70. The molecule has 230 valence electrons. The summed E-state index contributed by atoms with van der Waals surface area (Å²) in [6.45, 7) is 1.81. The van der Waals surface area contributed by atoms with E-state index in [4.69, 9.17) is 5.73 Å². The second-order valence-corrected chi connectivity index (χ2v) is 11.1. The summed E-state index contributed by atoms with van der Waals surface area (Å²) in [5.74, 6) is -1.69. The third-order valence-electron chi connectivity index (χ3n) is 7.76. The predicted molar refractivity (Wildman–Crippen MR) is 169 cm³/mol. The standard InChI is InChI=1S/C35H39FN4O4/c1-23(41)22-38-33(42)31(19-24-12-15-30(36)16-13-24)39(2)35(44)32(20-25-11-14-27-8-4-5-9-28(27)17-25)40(3)34(43)29-10-6-7-26(18-29)21-37/h4-18,23,31-32,41H,19-22,37H2,1-3H3,(H,38,42)/t23-,31-,32-/m1/s1. The van der Waals surface area contributed by atoms with E-state index >= 15 is 0 Å². The Morgan fingerprint density at radius 2 is 1.45 bits per heavy atom. The first-order valence-electron chi connectivity index (χ1n) is 14.6. The molecule has 0 bridgehead atoms. The number of likely N-dealkylation sites (N-methyl/N-ethyl adjacent to an activating group) is 2. The maximum absolute atomic E-state index is 14.4. The number of halogens is 1. The Labute approximate surface area is 257 Å². The van der Waals surface area contributed by atoms with Crippen molar-refractivity contribution in [2.45, 2.75) is 44.5 Å². The van der Waals surface area contributed by atoms with Gasteiger partial charge >= 0.3 is 0 Å². The Kier molecular flexibility index (Phi) is 10.8. The SMILES string of the molecule is C[C@@H](O)CNC(=O)[C@@H](Cc1ccc(F)cc1)N(C)C(=O)[C@@H](Cc1ccc2ccccc2c1)N(C)C(=O)c1cccc(CN)c1. The Bertz CT molecular complexity index is 1610. The lowest BCUT2D eigenvalue weighted by molar-refractivity contribution is -0.142. The highest BCUT2D eigenvalue weighted by Crippen LogP contribution is 2.21. The molecule has 0 aliphatic heterocycles. The molecular weight excluding hydrogens is 559 g/mol. The fourth-order valence-corrected chi connectivity index (χ4v) is 5.16. The van der Waals surface area contributed by atoms with Gasteiger partial charge in [-0.2, -0.15) is 0 Å². The van der Waals surface area contributed by atoms with Gasteiger partial charge in [0.2, 0.25) is 11.8 Å². The number of aliphatic hydroxyl groups excluding tert-OH is 1. The third kappa shape index (κ3) is 8.06. The number of rotatable bonds is 12. The number of carbonyl (C=O) groups is 3. The van der Waals surface area contributed by atoms with Crippen molar-refractivity contribution in [1.29, 1.82) is 0 Å². The molecule has 0 aliphatic rings. The fourth-order valence-electron chi connectivity index (χ4n) is 5.16. The van der Waals surface area contributed by atoms with Crippen molar-refractivity contribution in [2.75, 3.05) is 20.6 Å². The van der Waals surface area contributed by atoms with E-state index in [1.807, 2.05) is 48.5 Å². The highest BCUT2D eigenvalue weighted by Gasteiger charge is 2.35. The average molecular weight is 599 g/mol. The molecule has 3 atom stereocenters. The van der Waals surface area contributed by atoms with Crippen LogP contribution in [-0.2, 0) is 29.0 Å². The van der Waals surface area contributed by atoms with Gasteiger partial charge in [0.15, 0.2) is 0 Å². The molecule has 4 N–H and O–H groups in total. The number of carbonyl (C=O) groups excluding carboxylic acids is 3. The van der Waals surface area contributed by atoms with Gasteiger partial charge in [-0.3, -0.25) is 14.4 Å². The Hall–Kier alpha value is -4.60. The zero-order chi connectivity index (χ0) is 31.8. The number of hydrogen-bond donors (Lipinski definition) is 3. The number of nitrogens with two attached hydrogens (primary N) is 1. The molecule has 4 aromatic rings. The summed E-state index contributed by atoms with van der Waals surface area (Å²) in [6.07, 6.45) is -0.488. The van der Waals surface area contributed by atoms with Crippen molar-refractivity contribution in [1.82, 2.24) is 15.1 Å². The van der Waals surface area contributed by atoms with Crippen LogP contribution in [0.25, 0.3) is 10.8 Å². The summed E-state index contributed by atoms with van der Waals surface area (Å²) in [6, 6.07) is 24.5. The molecule has 8 nitrogen and oxygen atoms in total. The van der Waals surface area contributed by atoms with Crippen LogP contribution in [-0.4, -0.2) is 71.5 Å². The normalized spacial score (nSPS) is 13.1. The largest absolute Gasteiger partial charge is 0.392 e. The summed E-state index contributed by atoms with van der Waals surface area (Å²) < 4.78 is 13.6. The molecule has 9 heteroatoms. The summed E-state index contributed by atoms with van der Waals surface area (Å²) in [5.41, 5.74) is 8.48. The zero-order valence-electron chi connectivity index (χ0n) is 25.2. The van der Waals surface area contributed by atoms with E-state index in [1.54, 1.807) is 44.3 Å². The molecule has 0 saturated carbocycles. The highest BCUT2D eigenvalue weighted by molar-refractivity contribution is 5.98. The molecule has 4 rings (SSSR count). The van der Waals surface area contributed by atoms with E-state index in [0.29, 0.717) is 11.1 Å². The summed E-state index contributed by atoms with van der Waals surface area (Å²) in [4.78, 5) is 44.3. The first-order chi connectivity index (χ1) is 21.1. The number of benzene rings is 4. The topological polar surface area (TPSA) is 116 Å². The second-order valence-electron chi connectivity index (χ2n) is 11.1. The van der Waals surface area contributed by atoms with Crippen LogP contribution in [0.5, 0.6) is 0 Å². The highest BCUT2D eigenvalue weighted by atomic mass is 19.1. The molecule has 0 unspecified atom stereocenters. The smallest absolute Gasteiger partial charge is 0.254 e. The average Bonchev–Trinajstić information content (AvgIpc) is 3.04. The minimum Gasteiger partial charge on any atom is -0.392 e. The van der Waals surface area contributed by atoms with Crippen LogP contribution >= 0.6 is 0 Å². The van der Waals surface area contributed by atoms with Gasteiger partial charge in [-0.25, -0.2) is 4.39 Å². The van der Waals surface area contributed by atoms with Crippen molar-refractivity contribution < 1.29 is 23.9 Å². The minimum atomic E-state index is -0.991. The monoisotopic (exact) mass is 598 g/mol. The van der Waals surface area contributed by atoms with Crippen molar-refractivity contribution in [3.63, 3.8) is 0 Å². The van der Waals surface area contributed by atoms with Crippen molar-refractivity contribution >= 4 is 28.5 Å². The van der Waals surface area contributed by atoms with Gasteiger partial charge in [-0.1, -0.05) is 66.7 Å². The molecule has 0 spiro atoms. The molecule has 0 radical (unpaired) electrons. The molecule has 0 aromatic heterocycles. The maximum Gasteiger partial charge on any atom is 0.254 e. The summed E-state index contributed by atoms with van der Waals surface area (Å²) in [5, 5.41) is 14.5. The lowest BCUT2D eigenvalue weighted by Gasteiger charge is -2.35. The minimum absolute atomic E-state index is 0.00281. The molecule has 0 heterocycles. The molecule has 0 fully saturated rings. The van der Waals surface area contributed by atoms with Gasteiger partial charge in [-0.15, -0.1) is 0 Å². The first-order valence-corrected chi connectivity index (χ1v) is 14.6. The van der Waals surface area contributed by atoms with Gasteiger partial charge in [0.1, 0.15) is 17.9 Å². The van der Waals surface area contributed by atoms with Crippen LogP contribution in [0.4, 0.5) is 4.39 Å². The molecule has 0 aliphatic carbocycles. The van der Waals surface area contributed by atoms with E-state index in [9.17, 15) is 23.9 Å². The molecular formula is C35H39FN4O4. The number of nitrogens with zero attached hydrogens (tertiary/aromatic N) is 2. The van der Waals surface area contributed by atoms with Crippen LogP contribution in [0.15, 0.2) is 91.0 Å². The van der Waals surface area contributed by atoms with Gasteiger partial charge in [-0.05, 0) is 58.7 Å². The van der Waals surface area contributed by atoms with Crippen molar-refractivity contribution in [3.05, 3.63) is 119 Å². The maximum atomic E-state index is 14.4. The van der Waals surface area contributed by atoms with Gasteiger partial charge in [0, 0.05) is 45.6 Å². The number of aliphatic hydroxyl groups is 1. The van der Waals surface area contributed by atoms with Crippen LogP contribution in [0, 0.1) is 5.82 Å². The lowest BCUT2D eigenvalue weighted by Crippen LogP contribution is -2.56. The second kappa shape index (κ2) is 14.7.